The first-order valence-corrected chi connectivity index (χ1v) is 6.85. The summed E-state index contributed by atoms with van der Waals surface area (Å²) in [6.45, 7) is 2.44. The van der Waals surface area contributed by atoms with Crippen LogP contribution >= 0.6 is 11.8 Å². The van der Waals surface area contributed by atoms with Crippen LogP contribution in [-0.2, 0) is 4.79 Å². The first-order chi connectivity index (χ1) is 9.61. The van der Waals surface area contributed by atoms with Gasteiger partial charge in [0.15, 0.2) is 5.16 Å². The van der Waals surface area contributed by atoms with E-state index in [1.165, 1.54) is 4.57 Å². The van der Waals surface area contributed by atoms with Gasteiger partial charge in [-0.1, -0.05) is 11.8 Å². The lowest BCUT2D eigenvalue weighted by atomic mass is 10.3. The van der Waals surface area contributed by atoms with Crippen LogP contribution in [0.5, 0.6) is 5.75 Å². The number of aromatic amines is 1. The fourth-order valence-corrected chi connectivity index (χ4v) is 2.27. The number of ether oxygens (including phenoxy) is 1. The van der Waals surface area contributed by atoms with Gasteiger partial charge in [-0.25, -0.2) is 14.5 Å². The van der Waals surface area contributed by atoms with Gasteiger partial charge in [0, 0.05) is 0 Å². The topological polar surface area (TPSA) is 97.2 Å². The second kappa shape index (κ2) is 6.29. The molecule has 0 atom stereocenters. The van der Waals surface area contributed by atoms with Crippen molar-refractivity contribution >= 4 is 17.7 Å². The monoisotopic (exact) mass is 295 g/mol. The highest BCUT2D eigenvalue weighted by Gasteiger charge is 2.12. The molecule has 0 radical (unpaired) electrons. The molecule has 2 aromatic rings. The van der Waals surface area contributed by atoms with Crippen LogP contribution in [0.4, 0.5) is 0 Å². The highest BCUT2D eigenvalue weighted by Crippen LogP contribution is 2.19. The molecule has 1 heterocycles. The van der Waals surface area contributed by atoms with Gasteiger partial charge in [-0.15, -0.1) is 5.10 Å². The first kappa shape index (κ1) is 14.2. The molecule has 2 rings (SSSR count). The first-order valence-electron chi connectivity index (χ1n) is 5.87. The minimum Gasteiger partial charge on any atom is -0.494 e. The summed E-state index contributed by atoms with van der Waals surface area (Å²) in [6.07, 6.45) is 0. The Hall–Kier alpha value is -2.22. The van der Waals surface area contributed by atoms with Crippen molar-refractivity contribution in [3.8, 4) is 11.4 Å². The van der Waals surface area contributed by atoms with Crippen molar-refractivity contribution in [2.45, 2.75) is 12.1 Å². The van der Waals surface area contributed by atoms with Gasteiger partial charge in [0.1, 0.15) is 5.75 Å². The number of carboxylic acid groups (broad SMARTS) is 1. The largest absolute Gasteiger partial charge is 0.494 e. The number of carboxylic acids is 1. The summed E-state index contributed by atoms with van der Waals surface area (Å²) in [4.78, 5) is 22.3. The Labute approximate surface area is 118 Å². The van der Waals surface area contributed by atoms with Gasteiger partial charge >= 0.3 is 11.7 Å². The standard InChI is InChI=1S/C12H13N3O4S/c1-2-19-9-5-3-8(4-6-9)15-11(18)13-14-12(15)20-7-10(16)17/h3-6H,2,7H2,1H3,(H,13,18)(H,16,17). The molecule has 0 aliphatic heterocycles. The molecule has 20 heavy (non-hydrogen) atoms. The predicted molar refractivity (Wildman–Crippen MR) is 73.7 cm³/mol. The van der Waals surface area contributed by atoms with Crippen molar-refractivity contribution in [2.24, 2.45) is 0 Å². The Kier molecular flexibility index (Phi) is 4.46. The zero-order valence-corrected chi connectivity index (χ0v) is 11.5. The quantitative estimate of drug-likeness (QED) is 0.776. The van der Waals surface area contributed by atoms with Crippen molar-refractivity contribution in [2.75, 3.05) is 12.4 Å². The normalized spacial score (nSPS) is 10.4. The molecular formula is C12H13N3O4S. The maximum Gasteiger partial charge on any atom is 0.348 e. The fraction of sp³-hybridized carbons (Fsp3) is 0.250. The molecular weight excluding hydrogens is 282 g/mol. The molecule has 1 aromatic heterocycles. The molecule has 1 aromatic carbocycles. The fourth-order valence-electron chi connectivity index (χ4n) is 1.59. The number of thioether (sulfide) groups is 1. The van der Waals surface area contributed by atoms with E-state index in [1.807, 2.05) is 6.92 Å². The van der Waals surface area contributed by atoms with Crippen LogP contribution in [0.2, 0.25) is 0 Å². The third-order valence-electron chi connectivity index (χ3n) is 2.37. The number of carbonyl (C=O) groups is 1. The molecule has 106 valence electrons. The summed E-state index contributed by atoms with van der Waals surface area (Å²) < 4.78 is 6.65. The lowest BCUT2D eigenvalue weighted by Crippen LogP contribution is -2.15. The SMILES string of the molecule is CCOc1ccc(-n2c(SCC(=O)O)n[nH]c2=O)cc1. The number of hydrogen-bond donors (Lipinski definition) is 2. The second-order valence-electron chi connectivity index (χ2n) is 3.76. The molecule has 0 saturated carbocycles. The highest BCUT2D eigenvalue weighted by atomic mass is 32.2. The van der Waals surface area contributed by atoms with Crippen LogP contribution < -0.4 is 10.4 Å². The predicted octanol–water partition coefficient (Wildman–Crippen LogP) is 1.14. The van der Waals surface area contributed by atoms with Gasteiger partial charge < -0.3 is 9.84 Å². The number of aromatic nitrogens is 3. The zero-order valence-electron chi connectivity index (χ0n) is 10.7. The van der Waals surface area contributed by atoms with E-state index in [1.54, 1.807) is 24.3 Å². The third-order valence-corrected chi connectivity index (χ3v) is 3.30. The Balaban J connectivity index is 2.29. The van der Waals surface area contributed by atoms with Crippen molar-refractivity contribution in [1.82, 2.24) is 14.8 Å². The third kappa shape index (κ3) is 3.21. The Morgan fingerprint density at radius 1 is 1.45 bits per heavy atom. The van der Waals surface area contributed by atoms with Crippen LogP contribution in [0.15, 0.2) is 34.2 Å². The summed E-state index contributed by atoms with van der Waals surface area (Å²) in [5, 5.41) is 15.1. The second-order valence-corrected chi connectivity index (χ2v) is 4.70. The number of rotatable bonds is 6. The summed E-state index contributed by atoms with van der Waals surface area (Å²) in [7, 11) is 0. The van der Waals surface area contributed by atoms with Gasteiger partial charge in [-0.2, -0.15) is 0 Å². The summed E-state index contributed by atoms with van der Waals surface area (Å²) in [6, 6.07) is 6.91. The van der Waals surface area contributed by atoms with Crippen molar-refractivity contribution in [3.63, 3.8) is 0 Å². The van der Waals surface area contributed by atoms with E-state index in [2.05, 4.69) is 10.2 Å². The van der Waals surface area contributed by atoms with E-state index in [4.69, 9.17) is 9.84 Å². The van der Waals surface area contributed by atoms with Crippen molar-refractivity contribution < 1.29 is 14.6 Å². The number of nitrogens with zero attached hydrogens (tertiary/aromatic N) is 2. The molecule has 0 unspecified atom stereocenters. The van der Waals surface area contributed by atoms with Gasteiger partial charge in [0.2, 0.25) is 0 Å². The van der Waals surface area contributed by atoms with E-state index >= 15 is 0 Å². The van der Waals surface area contributed by atoms with Crippen LogP contribution in [-0.4, -0.2) is 38.2 Å². The van der Waals surface area contributed by atoms with E-state index in [-0.39, 0.29) is 5.75 Å². The lowest BCUT2D eigenvalue weighted by molar-refractivity contribution is -0.133. The Morgan fingerprint density at radius 2 is 2.15 bits per heavy atom. The van der Waals surface area contributed by atoms with Crippen LogP contribution in [0.25, 0.3) is 5.69 Å². The molecule has 0 aliphatic rings. The van der Waals surface area contributed by atoms with E-state index in [9.17, 15) is 9.59 Å². The van der Waals surface area contributed by atoms with Crippen molar-refractivity contribution in [1.29, 1.82) is 0 Å². The Bertz CT molecular complexity index is 647. The van der Waals surface area contributed by atoms with E-state index in [0.717, 1.165) is 11.8 Å². The molecule has 2 N–H and O–H groups in total. The van der Waals surface area contributed by atoms with Gasteiger partial charge in [0.25, 0.3) is 0 Å². The van der Waals surface area contributed by atoms with Crippen LogP contribution in [0.1, 0.15) is 6.92 Å². The minimum atomic E-state index is -0.969. The average molecular weight is 295 g/mol. The van der Waals surface area contributed by atoms with Crippen molar-refractivity contribution in [3.05, 3.63) is 34.7 Å². The number of benzene rings is 1. The lowest BCUT2D eigenvalue weighted by Gasteiger charge is -2.06. The maximum atomic E-state index is 11.7. The summed E-state index contributed by atoms with van der Waals surface area (Å²) in [5.41, 5.74) is 0.183. The molecule has 0 amide bonds. The molecule has 0 fully saturated rings. The Morgan fingerprint density at radius 3 is 2.75 bits per heavy atom. The maximum absolute atomic E-state index is 11.7. The summed E-state index contributed by atoms with van der Waals surface area (Å²) in [5.74, 6) is -0.433. The number of aliphatic carboxylic acids is 1. The highest BCUT2D eigenvalue weighted by molar-refractivity contribution is 7.99. The molecule has 0 saturated heterocycles. The van der Waals surface area contributed by atoms with Gasteiger partial charge in [-0.3, -0.25) is 4.79 Å². The van der Waals surface area contributed by atoms with Gasteiger partial charge in [0.05, 0.1) is 18.0 Å². The number of H-pyrrole nitrogens is 1. The smallest absolute Gasteiger partial charge is 0.348 e. The van der Waals surface area contributed by atoms with Crippen LogP contribution in [0, 0.1) is 0 Å². The molecule has 8 heteroatoms. The molecule has 7 nitrogen and oxygen atoms in total. The minimum absolute atomic E-state index is 0.165. The van der Waals surface area contributed by atoms with Crippen LogP contribution in [0.3, 0.4) is 0 Å². The summed E-state index contributed by atoms with van der Waals surface area (Å²) >= 11 is 0.975. The molecule has 0 spiro atoms. The average Bonchev–Trinajstić information content (AvgIpc) is 2.79. The number of nitrogens with one attached hydrogen (secondary N) is 1. The zero-order chi connectivity index (χ0) is 14.5. The number of hydrogen-bond acceptors (Lipinski definition) is 5. The van der Waals surface area contributed by atoms with E-state index < -0.39 is 11.7 Å². The molecule has 0 aliphatic carbocycles. The van der Waals surface area contributed by atoms with Gasteiger partial charge in [-0.05, 0) is 31.2 Å². The van der Waals surface area contributed by atoms with E-state index in [0.29, 0.717) is 23.2 Å². The molecule has 0 bridgehead atoms.